The highest BCUT2D eigenvalue weighted by atomic mass is 32.1. The summed E-state index contributed by atoms with van der Waals surface area (Å²) in [4.78, 5) is 32.8. The number of nitrogens with one attached hydrogen (secondary N) is 1. The van der Waals surface area contributed by atoms with E-state index in [1.807, 2.05) is 11.4 Å². The molecule has 7 heteroatoms. The summed E-state index contributed by atoms with van der Waals surface area (Å²) in [7, 11) is 1.71. The van der Waals surface area contributed by atoms with Gasteiger partial charge in [0.1, 0.15) is 10.5 Å². The molecular weight excluding hydrogens is 288 g/mol. The van der Waals surface area contributed by atoms with Gasteiger partial charge in [-0.05, 0) is 30.7 Å². The van der Waals surface area contributed by atoms with Crippen LogP contribution in [-0.4, -0.2) is 33.4 Å². The molecule has 0 unspecified atom stereocenters. The molecule has 3 rings (SSSR count). The van der Waals surface area contributed by atoms with Crippen LogP contribution >= 0.6 is 11.3 Å². The quantitative estimate of drug-likeness (QED) is 0.888. The van der Waals surface area contributed by atoms with E-state index in [-0.39, 0.29) is 23.6 Å². The van der Waals surface area contributed by atoms with Crippen molar-refractivity contribution in [3.63, 3.8) is 0 Å². The summed E-state index contributed by atoms with van der Waals surface area (Å²) < 4.78 is 0.614. The first-order valence-corrected chi connectivity index (χ1v) is 7.84. The van der Waals surface area contributed by atoms with Crippen LogP contribution in [0.1, 0.15) is 31.5 Å². The lowest BCUT2D eigenvalue weighted by atomic mass is 9.75. The molecule has 2 aromatic heterocycles. The Morgan fingerprint density at radius 2 is 2.33 bits per heavy atom. The minimum Gasteiger partial charge on any atom is -0.338 e. The van der Waals surface area contributed by atoms with Gasteiger partial charge in [-0.25, -0.2) is 4.98 Å². The number of nitrogens with two attached hydrogens (primary N) is 1. The molecule has 0 saturated heterocycles. The monoisotopic (exact) mass is 306 g/mol. The normalized spacial score (nSPS) is 16.7. The van der Waals surface area contributed by atoms with Crippen molar-refractivity contribution in [3.8, 4) is 0 Å². The van der Waals surface area contributed by atoms with E-state index in [0.29, 0.717) is 22.5 Å². The summed E-state index contributed by atoms with van der Waals surface area (Å²) in [6.07, 6.45) is 3.26. The van der Waals surface area contributed by atoms with Crippen molar-refractivity contribution < 1.29 is 4.79 Å². The maximum Gasteiger partial charge on any atom is 0.268 e. The highest BCUT2D eigenvalue weighted by molar-refractivity contribution is 7.17. The standard InChI is InChI=1S/C14H18N4O2S/c1-18(11(19)7-14(15)4-2-5-14)8-10-16-9-3-6-21-12(9)13(20)17-10/h3,6H,2,4-5,7-8,15H2,1H3,(H,16,17,20). The Hall–Kier alpha value is -1.73. The van der Waals surface area contributed by atoms with Crippen molar-refractivity contribution in [2.75, 3.05) is 7.05 Å². The number of aromatic amines is 1. The topological polar surface area (TPSA) is 92.1 Å². The molecular formula is C14H18N4O2S. The van der Waals surface area contributed by atoms with Gasteiger partial charge in [0.2, 0.25) is 5.91 Å². The number of carbonyl (C=O) groups is 1. The summed E-state index contributed by atoms with van der Waals surface area (Å²) >= 11 is 1.36. The van der Waals surface area contributed by atoms with Crippen molar-refractivity contribution in [1.82, 2.24) is 14.9 Å². The SMILES string of the molecule is CN(Cc1nc2ccsc2c(=O)[nH]1)C(=O)CC1(N)CCC1. The van der Waals surface area contributed by atoms with Crippen molar-refractivity contribution >= 4 is 27.5 Å². The number of amides is 1. The van der Waals surface area contributed by atoms with Crippen LogP contribution in [0.25, 0.3) is 10.2 Å². The number of nitrogens with zero attached hydrogens (tertiary/aromatic N) is 2. The van der Waals surface area contributed by atoms with Gasteiger partial charge in [-0.15, -0.1) is 11.3 Å². The highest BCUT2D eigenvalue weighted by Crippen LogP contribution is 2.32. The third-order valence-corrected chi connectivity index (χ3v) is 4.93. The lowest BCUT2D eigenvalue weighted by Crippen LogP contribution is -2.50. The van der Waals surface area contributed by atoms with Gasteiger partial charge in [-0.1, -0.05) is 0 Å². The molecule has 1 aliphatic carbocycles. The number of rotatable bonds is 4. The summed E-state index contributed by atoms with van der Waals surface area (Å²) in [5, 5.41) is 1.83. The van der Waals surface area contributed by atoms with Gasteiger partial charge in [0, 0.05) is 19.0 Å². The maximum absolute atomic E-state index is 12.2. The molecule has 21 heavy (non-hydrogen) atoms. The molecule has 0 spiro atoms. The van der Waals surface area contributed by atoms with Crippen LogP contribution < -0.4 is 11.3 Å². The fraction of sp³-hybridized carbons (Fsp3) is 0.500. The van der Waals surface area contributed by atoms with Crippen LogP contribution in [0, 0.1) is 0 Å². The Balaban J connectivity index is 1.72. The second-order valence-electron chi connectivity index (χ2n) is 5.79. The first-order chi connectivity index (χ1) is 9.97. The van der Waals surface area contributed by atoms with Crippen LogP contribution in [0.5, 0.6) is 0 Å². The zero-order valence-electron chi connectivity index (χ0n) is 11.9. The van der Waals surface area contributed by atoms with Crippen LogP contribution in [0.4, 0.5) is 0 Å². The Bertz CT molecular complexity index is 732. The van der Waals surface area contributed by atoms with Crippen molar-refractivity contribution in [2.24, 2.45) is 5.73 Å². The average Bonchev–Trinajstić information content (AvgIpc) is 2.85. The van der Waals surface area contributed by atoms with E-state index in [0.717, 1.165) is 19.3 Å². The van der Waals surface area contributed by atoms with E-state index < -0.39 is 0 Å². The number of fused-ring (bicyclic) bond motifs is 1. The number of thiophene rings is 1. The Morgan fingerprint density at radius 3 is 3.00 bits per heavy atom. The van der Waals surface area contributed by atoms with E-state index in [4.69, 9.17) is 5.73 Å². The van der Waals surface area contributed by atoms with E-state index in [1.54, 1.807) is 11.9 Å². The third-order valence-electron chi connectivity index (χ3n) is 4.03. The number of hydrogen-bond donors (Lipinski definition) is 2. The molecule has 0 atom stereocenters. The largest absolute Gasteiger partial charge is 0.338 e. The second-order valence-corrected chi connectivity index (χ2v) is 6.71. The summed E-state index contributed by atoms with van der Waals surface area (Å²) in [5.41, 5.74) is 6.29. The average molecular weight is 306 g/mol. The number of H-pyrrole nitrogens is 1. The van der Waals surface area contributed by atoms with Crippen LogP contribution in [-0.2, 0) is 11.3 Å². The van der Waals surface area contributed by atoms with Crippen molar-refractivity contribution in [1.29, 1.82) is 0 Å². The first kappa shape index (κ1) is 14.2. The molecule has 112 valence electrons. The number of hydrogen-bond acceptors (Lipinski definition) is 5. The van der Waals surface area contributed by atoms with Gasteiger partial charge in [-0.3, -0.25) is 9.59 Å². The molecule has 0 radical (unpaired) electrons. The molecule has 0 aliphatic heterocycles. The molecule has 6 nitrogen and oxygen atoms in total. The lowest BCUT2D eigenvalue weighted by Gasteiger charge is -2.38. The minimum absolute atomic E-state index is 0.00901. The number of aromatic nitrogens is 2. The van der Waals surface area contributed by atoms with Gasteiger partial charge >= 0.3 is 0 Å². The molecule has 1 saturated carbocycles. The Labute approximate surface area is 126 Å². The van der Waals surface area contributed by atoms with Gasteiger partial charge in [0.05, 0.1) is 12.1 Å². The Morgan fingerprint density at radius 1 is 1.57 bits per heavy atom. The van der Waals surface area contributed by atoms with Gasteiger partial charge in [0.15, 0.2) is 0 Å². The molecule has 0 bridgehead atoms. The van der Waals surface area contributed by atoms with E-state index >= 15 is 0 Å². The Kier molecular flexibility index (Phi) is 3.54. The molecule has 2 aromatic rings. The fourth-order valence-corrected chi connectivity index (χ4v) is 3.28. The first-order valence-electron chi connectivity index (χ1n) is 6.96. The smallest absolute Gasteiger partial charge is 0.268 e. The molecule has 0 aromatic carbocycles. The van der Waals surface area contributed by atoms with E-state index in [2.05, 4.69) is 9.97 Å². The second kappa shape index (κ2) is 5.23. The van der Waals surface area contributed by atoms with Crippen LogP contribution in [0.3, 0.4) is 0 Å². The summed E-state index contributed by atoms with van der Waals surface area (Å²) in [5.74, 6) is 0.492. The highest BCUT2D eigenvalue weighted by Gasteiger charge is 2.35. The minimum atomic E-state index is -0.330. The fourth-order valence-electron chi connectivity index (χ4n) is 2.55. The van der Waals surface area contributed by atoms with E-state index in [1.165, 1.54) is 11.3 Å². The molecule has 2 heterocycles. The maximum atomic E-state index is 12.2. The summed E-state index contributed by atoms with van der Waals surface area (Å²) in [6, 6.07) is 1.81. The number of carbonyl (C=O) groups excluding carboxylic acids is 1. The third kappa shape index (κ3) is 2.84. The molecule has 3 N–H and O–H groups in total. The molecule has 1 aliphatic rings. The van der Waals surface area contributed by atoms with Gasteiger partial charge < -0.3 is 15.6 Å². The van der Waals surface area contributed by atoms with Crippen LogP contribution in [0.15, 0.2) is 16.2 Å². The van der Waals surface area contributed by atoms with Crippen molar-refractivity contribution in [3.05, 3.63) is 27.6 Å². The van der Waals surface area contributed by atoms with Crippen LogP contribution in [0.2, 0.25) is 0 Å². The molecule has 1 fully saturated rings. The predicted molar refractivity (Wildman–Crippen MR) is 82.1 cm³/mol. The lowest BCUT2D eigenvalue weighted by molar-refractivity contribution is -0.132. The van der Waals surface area contributed by atoms with E-state index in [9.17, 15) is 9.59 Å². The van der Waals surface area contributed by atoms with Gasteiger partial charge in [-0.2, -0.15) is 0 Å². The van der Waals surface area contributed by atoms with Gasteiger partial charge in [0.25, 0.3) is 5.56 Å². The predicted octanol–water partition coefficient (Wildman–Crippen LogP) is 1.21. The zero-order valence-corrected chi connectivity index (χ0v) is 12.7. The van der Waals surface area contributed by atoms with Crippen molar-refractivity contribution in [2.45, 2.75) is 37.8 Å². The molecule has 1 amide bonds. The summed E-state index contributed by atoms with van der Waals surface area (Å²) in [6.45, 7) is 0.288. The zero-order chi connectivity index (χ0) is 15.0.